The van der Waals surface area contributed by atoms with Crippen LogP contribution in [0.15, 0.2) is 24.3 Å². The summed E-state index contributed by atoms with van der Waals surface area (Å²) in [6.45, 7) is 1.84. The molecule has 0 aliphatic carbocycles. The first kappa shape index (κ1) is 14.1. The van der Waals surface area contributed by atoms with Crippen LogP contribution in [-0.2, 0) is 12.8 Å². The third kappa shape index (κ3) is 3.25. The smallest absolute Gasteiger partial charge is 0.318 e. The van der Waals surface area contributed by atoms with Crippen LogP contribution in [0.1, 0.15) is 11.3 Å². The first-order chi connectivity index (χ1) is 10.3. The molecule has 6 heteroatoms. The number of halogens is 1. The number of methoxy groups -OCH3 is 1. The van der Waals surface area contributed by atoms with Crippen molar-refractivity contribution in [3.05, 3.63) is 40.5 Å². The van der Waals surface area contributed by atoms with Gasteiger partial charge in [-0.25, -0.2) is 0 Å². The normalized spacial score (nSPS) is 14.2. The molecule has 0 atom stereocenters. The van der Waals surface area contributed by atoms with E-state index in [4.69, 9.17) is 16.3 Å². The van der Waals surface area contributed by atoms with Crippen molar-refractivity contribution in [2.75, 3.05) is 25.5 Å². The molecule has 5 nitrogen and oxygen atoms in total. The fourth-order valence-corrected chi connectivity index (χ4v) is 2.61. The molecule has 0 saturated heterocycles. The quantitative estimate of drug-likeness (QED) is 0.912. The molecular formula is C15H17ClN4O. The van der Waals surface area contributed by atoms with Gasteiger partial charge in [0.1, 0.15) is 5.82 Å². The van der Waals surface area contributed by atoms with Gasteiger partial charge in [-0.3, -0.25) is 0 Å². The molecule has 1 aliphatic rings. The number of aromatic nitrogens is 2. The Bertz CT molecular complexity index is 648. The number of nitrogens with zero attached hydrogens (tertiary/aromatic N) is 2. The van der Waals surface area contributed by atoms with Gasteiger partial charge >= 0.3 is 6.01 Å². The number of benzene rings is 1. The van der Waals surface area contributed by atoms with E-state index in [0.717, 1.165) is 48.7 Å². The van der Waals surface area contributed by atoms with Gasteiger partial charge in [0, 0.05) is 29.2 Å². The molecule has 1 aliphatic heterocycles. The zero-order valence-corrected chi connectivity index (χ0v) is 12.6. The minimum absolute atomic E-state index is 0.389. The number of ether oxygens (including phenoxy) is 1. The van der Waals surface area contributed by atoms with Gasteiger partial charge in [-0.15, -0.1) is 0 Å². The highest BCUT2D eigenvalue weighted by Gasteiger charge is 2.17. The Kier molecular flexibility index (Phi) is 4.22. The van der Waals surface area contributed by atoms with Gasteiger partial charge in [0.15, 0.2) is 0 Å². The molecule has 0 unspecified atom stereocenters. The Balaban J connectivity index is 1.99. The van der Waals surface area contributed by atoms with E-state index in [-0.39, 0.29) is 0 Å². The van der Waals surface area contributed by atoms with Gasteiger partial charge in [0.05, 0.1) is 12.8 Å². The predicted molar refractivity (Wildman–Crippen MR) is 83.6 cm³/mol. The van der Waals surface area contributed by atoms with Crippen molar-refractivity contribution in [2.24, 2.45) is 0 Å². The lowest BCUT2D eigenvalue weighted by Gasteiger charge is -2.14. The van der Waals surface area contributed by atoms with Crippen LogP contribution in [0.5, 0.6) is 6.01 Å². The van der Waals surface area contributed by atoms with Crippen LogP contribution in [0.4, 0.5) is 11.5 Å². The summed E-state index contributed by atoms with van der Waals surface area (Å²) >= 11 is 6.03. The van der Waals surface area contributed by atoms with Crippen LogP contribution in [0.3, 0.4) is 0 Å². The van der Waals surface area contributed by atoms with Gasteiger partial charge < -0.3 is 15.4 Å². The fraction of sp³-hybridized carbons (Fsp3) is 0.333. The Morgan fingerprint density at radius 1 is 1.24 bits per heavy atom. The first-order valence-corrected chi connectivity index (χ1v) is 7.31. The van der Waals surface area contributed by atoms with Crippen molar-refractivity contribution in [3.63, 3.8) is 0 Å². The molecule has 2 heterocycles. The van der Waals surface area contributed by atoms with Crippen molar-refractivity contribution in [3.8, 4) is 6.01 Å². The topological polar surface area (TPSA) is 59.1 Å². The zero-order valence-electron chi connectivity index (χ0n) is 11.8. The molecule has 110 valence electrons. The Morgan fingerprint density at radius 3 is 2.90 bits per heavy atom. The van der Waals surface area contributed by atoms with Crippen LogP contribution in [0.25, 0.3) is 0 Å². The highest BCUT2D eigenvalue weighted by atomic mass is 35.5. The second kappa shape index (κ2) is 6.28. The average Bonchev–Trinajstić information content (AvgIpc) is 2.72. The van der Waals surface area contributed by atoms with E-state index in [0.29, 0.717) is 11.0 Å². The molecule has 1 aromatic carbocycles. The van der Waals surface area contributed by atoms with Crippen LogP contribution in [0, 0.1) is 0 Å². The van der Waals surface area contributed by atoms with Crippen LogP contribution in [0.2, 0.25) is 5.02 Å². The molecule has 0 radical (unpaired) electrons. The van der Waals surface area contributed by atoms with Gasteiger partial charge in [-0.1, -0.05) is 17.7 Å². The summed E-state index contributed by atoms with van der Waals surface area (Å²) in [5.41, 5.74) is 3.08. The number of hydrogen-bond donors (Lipinski definition) is 2. The summed E-state index contributed by atoms with van der Waals surface area (Å²) < 4.78 is 5.21. The summed E-state index contributed by atoms with van der Waals surface area (Å²) in [6, 6.07) is 7.97. The van der Waals surface area contributed by atoms with Crippen molar-refractivity contribution < 1.29 is 4.74 Å². The van der Waals surface area contributed by atoms with E-state index in [1.807, 2.05) is 24.3 Å². The average molecular weight is 305 g/mol. The second-order valence-electron chi connectivity index (χ2n) is 4.87. The van der Waals surface area contributed by atoms with Crippen molar-refractivity contribution in [1.29, 1.82) is 0 Å². The van der Waals surface area contributed by atoms with E-state index in [1.54, 1.807) is 7.11 Å². The summed E-state index contributed by atoms with van der Waals surface area (Å²) in [6.07, 6.45) is 1.76. The monoisotopic (exact) mass is 304 g/mol. The Labute approximate surface area is 128 Å². The molecule has 2 aromatic rings. The van der Waals surface area contributed by atoms with Crippen LogP contribution < -0.4 is 15.4 Å². The fourth-order valence-electron chi connectivity index (χ4n) is 2.42. The lowest BCUT2D eigenvalue weighted by Crippen LogP contribution is -2.16. The highest BCUT2D eigenvalue weighted by molar-refractivity contribution is 6.30. The predicted octanol–water partition coefficient (Wildman–Crippen LogP) is 2.57. The molecule has 0 spiro atoms. The number of hydrogen-bond acceptors (Lipinski definition) is 5. The molecule has 21 heavy (non-hydrogen) atoms. The van der Waals surface area contributed by atoms with Gasteiger partial charge in [0.25, 0.3) is 0 Å². The number of rotatable bonds is 3. The minimum Gasteiger partial charge on any atom is -0.467 e. The molecule has 0 bridgehead atoms. The van der Waals surface area contributed by atoms with E-state index in [9.17, 15) is 0 Å². The summed E-state index contributed by atoms with van der Waals surface area (Å²) in [5, 5.41) is 7.40. The van der Waals surface area contributed by atoms with Crippen LogP contribution in [-0.4, -0.2) is 30.2 Å². The standard InChI is InChI=1S/C15H17ClN4O/c1-21-15-19-13-6-8-17-7-5-12(13)14(20-15)18-11-4-2-3-10(16)9-11/h2-4,9,17H,5-8H2,1H3,(H,18,19,20). The van der Waals surface area contributed by atoms with Gasteiger partial charge in [-0.05, 0) is 31.2 Å². The lowest BCUT2D eigenvalue weighted by atomic mass is 10.1. The molecule has 0 saturated carbocycles. The molecule has 0 amide bonds. The SMILES string of the molecule is COc1nc2c(c(Nc3cccc(Cl)c3)n1)CCNCC2. The van der Waals surface area contributed by atoms with Gasteiger partial charge in [-0.2, -0.15) is 9.97 Å². The third-order valence-electron chi connectivity index (χ3n) is 3.43. The molecule has 3 rings (SSSR count). The maximum absolute atomic E-state index is 6.03. The second-order valence-corrected chi connectivity index (χ2v) is 5.31. The lowest BCUT2D eigenvalue weighted by molar-refractivity contribution is 0.378. The molecular weight excluding hydrogens is 288 g/mol. The van der Waals surface area contributed by atoms with Crippen molar-refractivity contribution >= 4 is 23.1 Å². The van der Waals surface area contributed by atoms with E-state index >= 15 is 0 Å². The van der Waals surface area contributed by atoms with E-state index in [1.165, 1.54) is 0 Å². The van der Waals surface area contributed by atoms with Crippen molar-refractivity contribution in [2.45, 2.75) is 12.8 Å². The van der Waals surface area contributed by atoms with Crippen molar-refractivity contribution in [1.82, 2.24) is 15.3 Å². The highest BCUT2D eigenvalue weighted by Crippen LogP contribution is 2.26. The number of anilines is 2. The zero-order chi connectivity index (χ0) is 14.7. The summed E-state index contributed by atoms with van der Waals surface area (Å²) in [4.78, 5) is 8.93. The molecule has 0 fully saturated rings. The number of fused-ring (bicyclic) bond motifs is 1. The maximum Gasteiger partial charge on any atom is 0.318 e. The summed E-state index contributed by atoms with van der Waals surface area (Å²) in [5.74, 6) is 0.794. The Morgan fingerprint density at radius 2 is 2.10 bits per heavy atom. The number of nitrogens with one attached hydrogen (secondary N) is 2. The third-order valence-corrected chi connectivity index (χ3v) is 3.67. The minimum atomic E-state index is 0.389. The van der Waals surface area contributed by atoms with Gasteiger partial charge in [0.2, 0.25) is 0 Å². The largest absolute Gasteiger partial charge is 0.467 e. The van der Waals surface area contributed by atoms with E-state index < -0.39 is 0 Å². The van der Waals surface area contributed by atoms with E-state index in [2.05, 4.69) is 20.6 Å². The summed E-state index contributed by atoms with van der Waals surface area (Å²) in [7, 11) is 1.58. The van der Waals surface area contributed by atoms with Crippen LogP contribution >= 0.6 is 11.6 Å². The first-order valence-electron chi connectivity index (χ1n) is 6.93. The Hall–Kier alpha value is -1.85. The molecule has 2 N–H and O–H groups in total. The maximum atomic E-state index is 6.03. The molecule has 1 aromatic heterocycles.